The average Bonchev–Trinajstić information content (AvgIpc) is 2.60. The van der Waals surface area contributed by atoms with E-state index < -0.39 is 31.9 Å². The number of phenolic OH excluding ortho intramolecular Hbond substituents is 2. The van der Waals surface area contributed by atoms with Crippen molar-refractivity contribution in [1.29, 1.82) is 0 Å². The van der Waals surface area contributed by atoms with Gasteiger partial charge in [-0.25, -0.2) is 0 Å². The Bertz CT molecular complexity index is 1170. The third-order valence-electron chi connectivity index (χ3n) is 4.38. The fourth-order valence-corrected chi connectivity index (χ4v) is 5.43. The van der Waals surface area contributed by atoms with Gasteiger partial charge in [0, 0.05) is 15.6 Å². The van der Waals surface area contributed by atoms with E-state index in [1.807, 2.05) is 0 Å². The van der Waals surface area contributed by atoms with Crippen LogP contribution in [0.15, 0.2) is 54.6 Å². The molecule has 0 saturated heterocycles. The summed E-state index contributed by atoms with van der Waals surface area (Å²) in [5.41, 5.74) is -0.790. The SMILES string of the molecule is O=S(=O)(O)C(c1ccc(Cl)cc1)(c1cccc(Cl)c1Cl)c1c(O)cc(Cl)cc1O. The van der Waals surface area contributed by atoms with Crippen molar-refractivity contribution in [3.63, 3.8) is 0 Å². The summed E-state index contributed by atoms with van der Waals surface area (Å²) in [5, 5.41) is 21.2. The van der Waals surface area contributed by atoms with Crippen molar-refractivity contribution in [3.8, 4) is 11.5 Å². The lowest BCUT2D eigenvalue weighted by molar-refractivity contribution is 0.416. The minimum atomic E-state index is -5.14. The summed E-state index contributed by atoms with van der Waals surface area (Å²) < 4.78 is 33.8. The lowest BCUT2D eigenvalue weighted by Crippen LogP contribution is -2.38. The summed E-state index contributed by atoms with van der Waals surface area (Å²) in [5.74, 6) is -1.36. The minimum absolute atomic E-state index is 0.000835. The lowest BCUT2D eigenvalue weighted by atomic mass is 9.83. The second kappa shape index (κ2) is 7.87. The molecule has 1 atom stereocenters. The molecular weight excluding hydrogens is 482 g/mol. The zero-order chi connectivity index (χ0) is 21.6. The molecule has 1 unspecified atom stereocenters. The molecule has 152 valence electrons. The third kappa shape index (κ3) is 3.65. The number of benzene rings is 3. The standard InChI is InChI=1S/C19H12Cl4O5S/c20-11-6-4-10(5-7-11)19(29(26,27)28,13-2-1-3-14(22)18(13)23)17-15(24)8-12(21)9-16(17)25/h1-9,24-25H,(H,26,27,28). The second-order valence-corrected chi connectivity index (χ2v) is 9.30. The fourth-order valence-electron chi connectivity index (χ4n) is 3.25. The molecule has 0 saturated carbocycles. The highest BCUT2D eigenvalue weighted by Gasteiger charge is 2.53. The van der Waals surface area contributed by atoms with Gasteiger partial charge in [0.1, 0.15) is 11.5 Å². The number of hydrogen-bond acceptors (Lipinski definition) is 4. The van der Waals surface area contributed by atoms with Crippen LogP contribution in [0.5, 0.6) is 11.5 Å². The molecule has 0 aliphatic rings. The number of halogens is 4. The predicted octanol–water partition coefficient (Wildman–Crippen LogP) is 5.89. The minimum Gasteiger partial charge on any atom is -0.507 e. The molecule has 3 N–H and O–H groups in total. The van der Waals surface area contributed by atoms with Gasteiger partial charge in [-0.15, -0.1) is 0 Å². The number of rotatable bonds is 4. The monoisotopic (exact) mass is 492 g/mol. The third-order valence-corrected chi connectivity index (χ3v) is 7.10. The molecule has 0 aliphatic heterocycles. The summed E-state index contributed by atoms with van der Waals surface area (Å²) in [6, 6.07) is 11.6. The second-order valence-electron chi connectivity index (χ2n) is 6.08. The van der Waals surface area contributed by atoms with Gasteiger partial charge in [0.05, 0.1) is 15.6 Å². The van der Waals surface area contributed by atoms with Crippen LogP contribution >= 0.6 is 46.4 Å². The number of aromatic hydroxyl groups is 2. The Morgan fingerprint density at radius 2 is 1.34 bits per heavy atom. The van der Waals surface area contributed by atoms with Crippen LogP contribution in [0.1, 0.15) is 16.7 Å². The van der Waals surface area contributed by atoms with Crippen molar-refractivity contribution in [2.75, 3.05) is 0 Å². The first kappa shape index (κ1) is 22.0. The molecule has 0 amide bonds. The van der Waals surface area contributed by atoms with E-state index in [4.69, 9.17) is 46.4 Å². The Hall–Kier alpha value is -1.67. The van der Waals surface area contributed by atoms with Gasteiger partial charge in [-0.05, 0) is 35.9 Å². The first-order valence-corrected chi connectivity index (χ1v) is 10.8. The summed E-state index contributed by atoms with van der Waals surface area (Å²) in [6.07, 6.45) is 0. The molecule has 0 radical (unpaired) electrons. The van der Waals surface area contributed by atoms with Crippen LogP contribution in [0.3, 0.4) is 0 Å². The zero-order valence-corrected chi connectivity index (χ0v) is 18.1. The van der Waals surface area contributed by atoms with E-state index in [1.54, 1.807) is 0 Å². The van der Waals surface area contributed by atoms with Crippen LogP contribution in [-0.2, 0) is 14.9 Å². The molecule has 0 bridgehead atoms. The van der Waals surface area contributed by atoms with Crippen LogP contribution < -0.4 is 0 Å². The van der Waals surface area contributed by atoms with Gasteiger partial charge < -0.3 is 10.2 Å². The molecule has 29 heavy (non-hydrogen) atoms. The molecule has 0 spiro atoms. The van der Waals surface area contributed by atoms with Crippen LogP contribution in [-0.4, -0.2) is 23.2 Å². The quantitative estimate of drug-likeness (QED) is 0.311. The highest BCUT2D eigenvalue weighted by Crippen LogP contribution is 2.53. The Kier molecular flexibility index (Phi) is 5.98. The maximum absolute atomic E-state index is 13.0. The van der Waals surface area contributed by atoms with E-state index in [0.29, 0.717) is 5.02 Å². The molecule has 0 aliphatic carbocycles. The highest BCUT2D eigenvalue weighted by atomic mass is 35.5. The van der Waals surface area contributed by atoms with Crippen molar-refractivity contribution in [3.05, 3.63) is 91.4 Å². The smallest absolute Gasteiger partial charge is 0.283 e. The van der Waals surface area contributed by atoms with Crippen molar-refractivity contribution < 1.29 is 23.2 Å². The Labute approximate surface area is 186 Å². The number of hydrogen-bond donors (Lipinski definition) is 3. The molecule has 3 aromatic carbocycles. The van der Waals surface area contributed by atoms with E-state index in [-0.39, 0.29) is 26.2 Å². The molecule has 0 fully saturated rings. The van der Waals surface area contributed by atoms with E-state index in [1.165, 1.54) is 42.5 Å². The van der Waals surface area contributed by atoms with Crippen molar-refractivity contribution >= 4 is 56.5 Å². The molecule has 5 nitrogen and oxygen atoms in total. The Morgan fingerprint density at radius 3 is 1.86 bits per heavy atom. The van der Waals surface area contributed by atoms with Crippen molar-refractivity contribution in [1.82, 2.24) is 0 Å². The normalized spacial score (nSPS) is 13.8. The van der Waals surface area contributed by atoms with Gasteiger partial charge >= 0.3 is 0 Å². The first-order valence-electron chi connectivity index (χ1n) is 7.89. The topological polar surface area (TPSA) is 94.8 Å². The fraction of sp³-hybridized carbons (Fsp3) is 0.0526. The van der Waals surface area contributed by atoms with Crippen molar-refractivity contribution in [2.24, 2.45) is 0 Å². The summed E-state index contributed by atoms with van der Waals surface area (Å²) >= 11 is 24.2. The van der Waals surface area contributed by atoms with E-state index in [0.717, 1.165) is 12.1 Å². The summed E-state index contributed by atoms with van der Waals surface area (Å²) in [7, 11) is -5.14. The number of phenols is 2. The van der Waals surface area contributed by atoms with Crippen molar-refractivity contribution in [2.45, 2.75) is 4.75 Å². The largest absolute Gasteiger partial charge is 0.507 e. The van der Waals surface area contributed by atoms with Gasteiger partial charge in [-0.3, -0.25) is 4.55 Å². The first-order chi connectivity index (χ1) is 13.5. The van der Waals surface area contributed by atoms with Crippen LogP contribution in [0, 0.1) is 0 Å². The predicted molar refractivity (Wildman–Crippen MR) is 114 cm³/mol. The van der Waals surface area contributed by atoms with Gasteiger partial charge in [0.25, 0.3) is 10.1 Å². The highest BCUT2D eigenvalue weighted by molar-refractivity contribution is 7.87. The molecule has 3 rings (SSSR count). The Balaban J connectivity index is 2.63. The van der Waals surface area contributed by atoms with Gasteiger partial charge in [-0.1, -0.05) is 70.7 Å². The van der Waals surface area contributed by atoms with Crippen LogP contribution in [0.4, 0.5) is 0 Å². The lowest BCUT2D eigenvalue weighted by Gasteiger charge is -2.34. The summed E-state index contributed by atoms with van der Waals surface area (Å²) in [4.78, 5) is 0. The molecule has 3 aromatic rings. The zero-order valence-electron chi connectivity index (χ0n) is 14.3. The Morgan fingerprint density at radius 1 is 0.793 bits per heavy atom. The maximum atomic E-state index is 13.0. The van der Waals surface area contributed by atoms with Gasteiger partial charge in [0.2, 0.25) is 0 Å². The average molecular weight is 494 g/mol. The summed E-state index contributed by atoms with van der Waals surface area (Å²) in [6.45, 7) is 0. The van der Waals surface area contributed by atoms with E-state index in [9.17, 15) is 23.2 Å². The van der Waals surface area contributed by atoms with Crippen LogP contribution in [0.25, 0.3) is 0 Å². The van der Waals surface area contributed by atoms with Gasteiger partial charge in [-0.2, -0.15) is 8.42 Å². The molecular formula is C19H12Cl4O5S. The molecule has 0 heterocycles. The molecule has 0 aromatic heterocycles. The van der Waals surface area contributed by atoms with Crippen LogP contribution in [0.2, 0.25) is 20.1 Å². The van der Waals surface area contributed by atoms with Gasteiger partial charge in [0.15, 0.2) is 4.75 Å². The maximum Gasteiger partial charge on any atom is 0.283 e. The molecule has 10 heteroatoms. The van der Waals surface area contributed by atoms with E-state index in [2.05, 4.69) is 0 Å². The van der Waals surface area contributed by atoms with E-state index >= 15 is 0 Å².